The fraction of sp³-hybridized carbons (Fsp3) is 0.658. The number of nitrogens with one attached hydrogen (secondary N) is 4. The Kier molecular flexibility index (Phi) is 10.0. The van der Waals surface area contributed by atoms with Crippen molar-refractivity contribution in [2.24, 2.45) is 11.8 Å². The van der Waals surface area contributed by atoms with Crippen molar-refractivity contribution < 1.29 is 37.1 Å². The van der Waals surface area contributed by atoms with E-state index in [-0.39, 0.29) is 25.3 Å². The van der Waals surface area contributed by atoms with E-state index >= 15 is 0 Å². The zero-order chi connectivity index (χ0) is 37.7. The molecule has 0 spiro atoms. The van der Waals surface area contributed by atoms with Crippen LogP contribution in [0.3, 0.4) is 0 Å². The average molecular weight is 753 g/mol. The van der Waals surface area contributed by atoms with Gasteiger partial charge in [0.25, 0.3) is 5.91 Å². The van der Waals surface area contributed by atoms with Gasteiger partial charge in [-0.25, -0.2) is 18.0 Å². The van der Waals surface area contributed by atoms with Crippen LogP contribution in [0.2, 0.25) is 0 Å². The highest BCUT2D eigenvalue weighted by Crippen LogP contribution is 2.45. The first-order valence-electron chi connectivity index (χ1n) is 19.1. The number of ether oxygens (including phenoxy) is 1. The standard InChI is InChI=1S/C38H52N6O8S/c1-4-26-19-38(26,34(47)42-53(50,51)28-15-16-28)40-32(45)30-18-27-21-44(30)33(46)31(24-11-5-6-12-24)39-35(48)41-37(2,3)17-8-7-10-23-13-9-14-25-20-43(22-29(23)25)36(49)52-27/h4,9,13-14,24,26-28,30-31H,1,5-8,10-12,15-22H2,2-3H3,(H,40,45)(H,42,47)(H2,39,41,48)/t26-,27+,30-,31-,38+/m0/s1. The lowest BCUT2D eigenvalue weighted by Gasteiger charge is -2.33. The Morgan fingerprint density at radius 2 is 1.75 bits per heavy atom. The molecule has 1 aromatic carbocycles. The number of fused-ring (bicyclic) bond motifs is 3. The molecule has 1 saturated heterocycles. The third kappa shape index (κ3) is 7.76. The van der Waals surface area contributed by atoms with Crippen LogP contribution in [0.4, 0.5) is 9.59 Å². The number of benzene rings is 1. The Morgan fingerprint density at radius 1 is 1.02 bits per heavy atom. The first kappa shape index (κ1) is 37.2. The molecule has 6 aliphatic rings. The Bertz CT molecular complexity index is 1790. The predicted molar refractivity (Wildman–Crippen MR) is 194 cm³/mol. The van der Waals surface area contributed by atoms with Gasteiger partial charge in [-0.1, -0.05) is 43.5 Å². The van der Waals surface area contributed by atoms with Crippen molar-refractivity contribution in [1.82, 2.24) is 30.5 Å². The van der Waals surface area contributed by atoms with Gasteiger partial charge in [0.2, 0.25) is 21.8 Å². The summed E-state index contributed by atoms with van der Waals surface area (Å²) in [5, 5.41) is 8.19. The quantitative estimate of drug-likeness (QED) is 0.307. The molecule has 288 valence electrons. The van der Waals surface area contributed by atoms with E-state index in [1.807, 2.05) is 26.0 Å². The summed E-state index contributed by atoms with van der Waals surface area (Å²) in [5.41, 5.74) is 1.23. The third-order valence-electron chi connectivity index (χ3n) is 12.1. The second-order valence-electron chi connectivity index (χ2n) is 16.6. The van der Waals surface area contributed by atoms with Gasteiger partial charge in [0.1, 0.15) is 23.7 Å². The number of rotatable bonds is 7. The van der Waals surface area contributed by atoms with Crippen molar-refractivity contribution >= 4 is 39.9 Å². The number of hydrogen-bond acceptors (Lipinski definition) is 8. The number of amides is 6. The van der Waals surface area contributed by atoms with E-state index in [0.717, 1.165) is 62.5 Å². The number of nitrogens with zero attached hydrogens (tertiary/aromatic N) is 2. The lowest BCUT2D eigenvalue weighted by molar-refractivity contribution is -0.142. The molecule has 4 fully saturated rings. The first-order valence-corrected chi connectivity index (χ1v) is 20.7. The molecule has 3 aliphatic carbocycles. The van der Waals surface area contributed by atoms with E-state index in [1.165, 1.54) is 16.5 Å². The minimum Gasteiger partial charge on any atom is -0.444 e. The number of aryl methyl sites for hydroxylation is 1. The van der Waals surface area contributed by atoms with Crippen molar-refractivity contribution in [3.63, 3.8) is 0 Å². The summed E-state index contributed by atoms with van der Waals surface area (Å²) in [5.74, 6) is -2.66. The molecule has 0 aromatic heterocycles. The maximum atomic E-state index is 14.6. The predicted octanol–water partition coefficient (Wildman–Crippen LogP) is 3.14. The van der Waals surface area contributed by atoms with Gasteiger partial charge in [-0.05, 0) is 87.8 Å². The molecular weight excluding hydrogens is 701 g/mol. The van der Waals surface area contributed by atoms with Gasteiger partial charge in [-0.2, -0.15) is 0 Å². The number of sulfonamides is 1. The maximum absolute atomic E-state index is 14.6. The highest BCUT2D eigenvalue weighted by molar-refractivity contribution is 7.91. The van der Waals surface area contributed by atoms with Crippen molar-refractivity contribution in [3.05, 3.63) is 47.5 Å². The Hall–Kier alpha value is -4.14. The molecule has 14 nitrogen and oxygen atoms in total. The number of hydrogen-bond donors (Lipinski definition) is 4. The number of carbonyl (C=O) groups excluding carboxylic acids is 5. The van der Waals surface area contributed by atoms with Crippen LogP contribution in [0.5, 0.6) is 0 Å². The molecule has 4 bridgehead atoms. The second kappa shape index (κ2) is 14.3. The van der Waals surface area contributed by atoms with Crippen molar-refractivity contribution in [2.75, 3.05) is 6.54 Å². The van der Waals surface area contributed by atoms with E-state index in [0.29, 0.717) is 25.9 Å². The summed E-state index contributed by atoms with van der Waals surface area (Å²) in [6.07, 6.45) is 7.70. The Labute approximate surface area is 311 Å². The maximum Gasteiger partial charge on any atom is 0.410 e. The lowest BCUT2D eigenvalue weighted by Crippen LogP contribution is -2.60. The molecule has 0 unspecified atom stereocenters. The van der Waals surface area contributed by atoms with E-state index in [2.05, 4.69) is 33.3 Å². The molecule has 4 N–H and O–H groups in total. The zero-order valence-corrected chi connectivity index (χ0v) is 31.5. The van der Waals surface area contributed by atoms with Gasteiger partial charge in [0.15, 0.2) is 0 Å². The summed E-state index contributed by atoms with van der Waals surface area (Å²) in [6, 6.07) is 3.54. The molecule has 6 amide bonds. The molecular formula is C38H52N6O8S. The van der Waals surface area contributed by atoms with Crippen LogP contribution in [0.15, 0.2) is 30.9 Å². The molecule has 7 rings (SSSR count). The van der Waals surface area contributed by atoms with Crippen molar-refractivity contribution in [3.8, 4) is 0 Å². The molecule has 3 heterocycles. The van der Waals surface area contributed by atoms with Crippen molar-refractivity contribution in [2.45, 2.75) is 139 Å². The topological polar surface area (TPSA) is 183 Å². The molecule has 53 heavy (non-hydrogen) atoms. The minimum atomic E-state index is -3.90. The fourth-order valence-electron chi connectivity index (χ4n) is 8.75. The Balaban J connectivity index is 1.17. The van der Waals surface area contributed by atoms with Gasteiger partial charge in [0, 0.05) is 31.0 Å². The summed E-state index contributed by atoms with van der Waals surface area (Å²) in [4.78, 5) is 72.7. The first-order chi connectivity index (χ1) is 25.2. The van der Waals surface area contributed by atoms with Gasteiger partial charge in [-0.3, -0.25) is 24.0 Å². The van der Waals surface area contributed by atoms with Crippen LogP contribution < -0.4 is 20.7 Å². The van der Waals surface area contributed by atoms with E-state index < -0.39 is 80.3 Å². The van der Waals surface area contributed by atoms with Crippen LogP contribution in [-0.2, 0) is 48.7 Å². The molecule has 0 radical (unpaired) electrons. The van der Waals surface area contributed by atoms with E-state index in [9.17, 15) is 32.4 Å². The summed E-state index contributed by atoms with van der Waals surface area (Å²) in [7, 11) is -3.90. The van der Waals surface area contributed by atoms with Gasteiger partial charge >= 0.3 is 12.1 Å². The third-order valence-corrected chi connectivity index (χ3v) is 13.9. The second-order valence-corrected chi connectivity index (χ2v) is 18.5. The van der Waals surface area contributed by atoms with Crippen LogP contribution in [0.1, 0.15) is 101 Å². The summed E-state index contributed by atoms with van der Waals surface area (Å²) < 4.78 is 33.6. The van der Waals surface area contributed by atoms with Crippen LogP contribution in [0.25, 0.3) is 0 Å². The number of urea groups is 1. The van der Waals surface area contributed by atoms with Gasteiger partial charge < -0.3 is 25.6 Å². The van der Waals surface area contributed by atoms with Crippen molar-refractivity contribution in [1.29, 1.82) is 0 Å². The number of carbonyl (C=O) groups is 5. The van der Waals surface area contributed by atoms with Gasteiger partial charge in [0.05, 0.1) is 11.8 Å². The minimum absolute atomic E-state index is 0.0389. The Morgan fingerprint density at radius 3 is 2.45 bits per heavy atom. The summed E-state index contributed by atoms with van der Waals surface area (Å²) in [6.45, 7) is 8.39. The van der Waals surface area contributed by atoms with Gasteiger partial charge in [-0.15, -0.1) is 6.58 Å². The molecule has 15 heteroatoms. The smallest absolute Gasteiger partial charge is 0.410 e. The highest BCUT2D eigenvalue weighted by atomic mass is 32.2. The molecule has 3 aliphatic heterocycles. The SMILES string of the molecule is C=C[C@H]1C[C@]1(NC(=O)[C@@H]1C[C@@H]2CN1C(=O)[C@H](C1CCCC1)NC(=O)NC(C)(C)CCCCc1cccc3c1CN(C3)C(=O)O2)C(=O)NS(=O)(=O)C1CC1. The fourth-order valence-corrected chi connectivity index (χ4v) is 10.1. The summed E-state index contributed by atoms with van der Waals surface area (Å²) >= 11 is 0. The van der Waals surface area contributed by atoms with Crippen LogP contribution in [0, 0.1) is 11.8 Å². The molecule has 1 aromatic rings. The lowest BCUT2D eigenvalue weighted by atomic mass is 9.93. The molecule has 5 atom stereocenters. The van der Waals surface area contributed by atoms with Crippen LogP contribution >= 0.6 is 0 Å². The average Bonchev–Trinajstić information content (AvgIpc) is 3.88. The van der Waals surface area contributed by atoms with E-state index in [1.54, 1.807) is 4.90 Å². The zero-order valence-electron chi connectivity index (χ0n) is 30.7. The monoisotopic (exact) mass is 752 g/mol. The highest BCUT2D eigenvalue weighted by Gasteiger charge is 2.62. The largest absolute Gasteiger partial charge is 0.444 e. The normalized spacial score (nSPS) is 30.6. The van der Waals surface area contributed by atoms with E-state index in [4.69, 9.17) is 4.74 Å². The molecule has 3 saturated carbocycles. The van der Waals surface area contributed by atoms with Crippen LogP contribution in [-0.4, -0.2) is 89.1 Å².